The Morgan fingerprint density at radius 1 is 1.22 bits per heavy atom. The maximum Gasteiger partial charge on any atom is 0.311 e. The molecular formula is C22H36O4Si. The van der Waals surface area contributed by atoms with Crippen molar-refractivity contribution in [1.82, 2.24) is 0 Å². The van der Waals surface area contributed by atoms with Gasteiger partial charge in [-0.25, -0.2) is 0 Å². The Kier molecular flexibility index (Phi) is 7.66. The van der Waals surface area contributed by atoms with Gasteiger partial charge >= 0.3 is 5.97 Å². The third-order valence-corrected chi connectivity index (χ3v) is 10.4. The van der Waals surface area contributed by atoms with Crippen molar-refractivity contribution < 1.29 is 18.7 Å². The fourth-order valence-electron chi connectivity index (χ4n) is 3.18. The number of benzene rings is 1. The molecule has 1 aromatic rings. The Bertz CT molecular complexity index is 594. The first-order chi connectivity index (χ1) is 12.6. The average molecular weight is 393 g/mol. The number of esters is 1. The fraction of sp³-hybridized carbons (Fsp3) is 0.682. The van der Waals surface area contributed by atoms with Gasteiger partial charge < -0.3 is 13.9 Å². The fourth-order valence-corrected chi connectivity index (χ4v) is 4.56. The summed E-state index contributed by atoms with van der Waals surface area (Å²) in [5.74, 6) is -0.0535. The van der Waals surface area contributed by atoms with E-state index in [2.05, 4.69) is 52.9 Å². The molecule has 3 atom stereocenters. The highest BCUT2D eigenvalue weighted by Crippen LogP contribution is 2.40. The molecule has 0 radical (unpaired) electrons. The van der Waals surface area contributed by atoms with E-state index in [1.54, 1.807) is 0 Å². The van der Waals surface area contributed by atoms with Gasteiger partial charge in [-0.15, -0.1) is 0 Å². The number of carbonyl (C=O) groups excluding carboxylic acids is 1. The molecule has 0 aromatic heterocycles. The predicted octanol–water partition coefficient (Wildman–Crippen LogP) is 5.18. The molecule has 1 aliphatic heterocycles. The zero-order valence-corrected chi connectivity index (χ0v) is 18.8. The minimum atomic E-state index is -1.96. The lowest BCUT2D eigenvalue weighted by Gasteiger charge is -2.41. The molecule has 1 saturated heterocycles. The lowest BCUT2D eigenvalue weighted by Crippen LogP contribution is -2.47. The van der Waals surface area contributed by atoms with Crippen LogP contribution in [-0.4, -0.2) is 33.6 Å². The highest BCUT2D eigenvalue weighted by atomic mass is 28.4. The molecule has 0 N–H and O–H groups in total. The van der Waals surface area contributed by atoms with Crippen LogP contribution in [-0.2, 0) is 25.3 Å². The molecule has 1 aromatic carbocycles. The second-order valence-electron chi connectivity index (χ2n) is 9.23. The predicted molar refractivity (Wildman–Crippen MR) is 111 cm³/mol. The summed E-state index contributed by atoms with van der Waals surface area (Å²) >= 11 is 0. The maximum absolute atomic E-state index is 12.3. The first-order valence-corrected chi connectivity index (χ1v) is 13.0. The largest absolute Gasteiger partial charge is 0.465 e. The van der Waals surface area contributed by atoms with Crippen LogP contribution >= 0.6 is 0 Å². The van der Waals surface area contributed by atoms with E-state index in [9.17, 15) is 4.79 Å². The zero-order valence-electron chi connectivity index (χ0n) is 17.8. The van der Waals surface area contributed by atoms with Gasteiger partial charge in [0.15, 0.2) is 8.32 Å². The van der Waals surface area contributed by atoms with Crippen LogP contribution in [0.15, 0.2) is 30.3 Å². The number of hydrogen-bond donors (Lipinski definition) is 0. The van der Waals surface area contributed by atoms with Crippen LogP contribution in [0.2, 0.25) is 18.1 Å². The number of carbonyl (C=O) groups is 1. The highest BCUT2D eigenvalue weighted by molar-refractivity contribution is 6.74. The van der Waals surface area contributed by atoms with E-state index in [-0.39, 0.29) is 28.9 Å². The summed E-state index contributed by atoms with van der Waals surface area (Å²) in [4.78, 5) is 12.3. The Labute approximate surface area is 165 Å². The van der Waals surface area contributed by atoms with Crippen molar-refractivity contribution in [3.63, 3.8) is 0 Å². The number of cyclic esters (lactones) is 1. The Morgan fingerprint density at radius 2 is 1.89 bits per heavy atom. The van der Waals surface area contributed by atoms with Crippen molar-refractivity contribution in [2.75, 3.05) is 13.2 Å². The van der Waals surface area contributed by atoms with Gasteiger partial charge in [-0.2, -0.15) is 0 Å². The standard InChI is InChI=1S/C22H36O4Si/c1-17-15-25-21(23)20(17)19(26-27(5,6)22(2,3)4)13-10-14-24-16-18-11-8-7-9-12-18/h7-9,11-12,17,19-20H,10,13-16H2,1-6H3/t17-,19-,20?/m1/s1. The molecule has 1 fully saturated rings. The SMILES string of the molecule is C[C@@H]1COC(=O)C1[C@@H](CCCOCc1ccccc1)O[Si](C)(C)C(C)(C)C. The van der Waals surface area contributed by atoms with Gasteiger partial charge in [-0.3, -0.25) is 4.79 Å². The summed E-state index contributed by atoms with van der Waals surface area (Å²) in [5, 5.41) is 0.112. The maximum atomic E-state index is 12.3. The number of hydrogen-bond acceptors (Lipinski definition) is 4. The molecule has 5 heteroatoms. The van der Waals surface area contributed by atoms with Crippen LogP contribution in [0, 0.1) is 11.8 Å². The molecule has 152 valence electrons. The van der Waals surface area contributed by atoms with Crippen molar-refractivity contribution in [1.29, 1.82) is 0 Å². The Morgan fingerprint density at radius 3 is 2.44 bits per heavy atom. The molecule has 0 aliphatic carbocycles. The Balaban J connectivity index is 1.93. The van der Waals surface area contributed by atoms with E-state index in [4.69, 9.17) is 13.9 Å². The summed E-state index contributed by atoms with van der Waals surface area (Å²) in [6, 6.07) is 10.2. The van der Waals surface area contributed by atoms with E-state index in [1.807, 2.05) is 18.2 Å². The molecule has 1 unspecified atom stereocenters. The summed E-state index contributed by atoms with van der Waals surface area (Å²) in [7, 11) is -1.96. The Hall–Kier alpha value is -1.17. The summed E-state index contributed by atoms with van der Waals surface area (Å²) in [5.41, 5.74) is 1.18. The quantitative estimate of drug-likeness (QED) is 0.330. The molecule has 0 bridgehead atoms. The molecule has 4 nitrogen and oxygen atoms in total. The topological polar surface area (TPSA) is 44.8 Å². The third-order valence-electron chi connectivity index (χ3n) is 5.92. The number of rotatable bonds is 9. The van der Waals surface area contributed by atoms with Gasteiger partial charge in [0.1, 0.15) is 0 Å². The molecule has 0 saturated carbocycles. The third kappa shape index (κ3) is 6.16. The van der Waals surface area contributed by atoms with Crippen molar-refractivity contribution in [2.24, 2.45) is 11.8 Å². The van der Waals surface area contributed by atoms with Crippen molar-refractivity contribution in [3.05, 3.63) is 35.9 Å². The summed E-state index contributed by atoms with van der Waals surface area (Å²) in [6.45, 7) is 15.1. The molecule has 1 heterocycles. The number of ether oxygens (including phenoxy) is 2. The zero-order chi connectivity index (χ0) is 20.1. The van der Waals surface area contributed by atoms with E-state index >= 15 is 0 Å². The molecular weight excluding hydrogens is 356 g/mol. The molecule has 0 spiro atoms. The van der Waals surface area contributed by atoms with Crippen LogP contribution in [0.3, 0.4) is 0 Å². The highest BCUT2D eigenvalue weighted by Gasteiger charge is 2.45. The molecule has 2 rings (SSSR count). The van der Waals surface area contributed by atoms with Crippen LogP contribution in [0.25, 0.3) is 0 Å². The average Bonchev–Trinajstić information content (AvgIpc) is 2.92. The van der Waals surface area contributed by atoms with Crippen molar-refractivity contribution in [2.45, 2.75) is 71.4 Å². The molecule has 27 heavy (non-hydrogen) atoms. The monoisotopic (exact) mass is 392 g/mol. The van der Waals surface area contributed by atoms with E-state index in [1.165, 1.54) is 5.56 Å². The van der Waals surface area contributed by atoms with E-state index < -0.39 is 8.32 Å². The first kappa shape index (κ1) is 22.1. The minimum Gasteiger partial charge on any atom is -0.465 e. The van der Waals surface area contributed by atoms with Gasteiger partial charge in [-0.05, 0) is 36.5 Å². The summed E-state index contributed by atoms with van der Waals surface area (Å²) < 4.78 is 17.8. The second kappa shape index (κ2) is 9.35. The van der Waals surface area contributed by atoms with Gasteiger partial charge in [0.05, 0.1) is 25.2 Å². The van der Waals surface area contributed by atoms with Crippen LogP contribution in [0.5, 0.6) is 0 Å². The van der Waals surface area contributed by atoms with Gasteiger partial charge in [0.2, 0.25) is 0 Å². The van der Waals surface area contributed by atoms with E-state index in [0.717, 1.165) is 12.8 Å². The van der Waals surface area contributed by atoms with Crippen LogP contribution < -0.4 is 0 Å². The van der Waals surface area contributed by atoms with Gasteiger partial charge in [0.25, 0.3) is 0 Å². The summed E-state index contributed by atoms with van der Waals surface area (Å²) in [6.07, 6.45) is 1.62. The van der Waals surface area contributed by atoms with Crippen molar-refractivity contribution in [3.8, 4) is 0 Å². The van der Waals surface area contributed by atoms with Crippen LogP contribution in [0.4, 0.5) is 0 Å². The van der Waals surface area contributed by atoms with Crippen LogP contribution in [0.1, 0.15) is 46.1 Å². The lowest BCUT2D eigenvalue weighted by molar-refractivity contribution is -0.144. The van der Waals surface area contributed by atoms with Gasteiger partial charge in [0, 0.05) is 12.5 Å². The van der Waals surface area contributed by atoms with Crippen molar-refractivity contribution >= 4 is 14.3 Å². The smallest absolute Gasteiger partial charge is 0.311 e. The molecule has 0 amide bonds. The van der Waals surface area contributed by atoms with E-state index in [0.29, 0.717) is 19.8 Å². The van der Waals surface area contributed by atoms with Gasteiger partial charge in [-0.1, -0.05) is 58.0 Å². The minimum absolute atomic E-state index is 0.0868. The molecule has 1 aliphatic rings. The first-order valence-electron chi connectivity index (χ1n) is 10.1. The normalized spacial score (nSPS) is 21.9. The lowest BCUT2D eigenvalue weighted by atomic mass is 9.89. The second-order valence-corrected chi connectivity index (χ2v) is 14.0.